The van der Waals surface area contributed by atoms with E-state index in [2.05, 4.69) is 20.7 Å². The molecule has 1 aromatic heterocycles. The van der Waals surface area contributed by atoms with Gasteiger partial charge in [0.15, 0.2) is 0 Å². The number of hydrogen-bond acceptors (Lipinski definition) is 4. The molecule has 0 atom stereocenters. The van der Waals surface area contributed by atoms with Crippen molar-refractivity contribution in [2.75, 3.05) is 10.6 Å². The monoisotopic (exact) mass is 445 g/mol. The van der Waals surface area contributed by atoms with Gasteiger partial charge in [-0.2, -0.15) is 9.67 Å². The van der Waals surface area contributed by atoms with E-state index < -0.39 is 0 Å². The molecule has 0 fully saturated rings. The summed E-state index contributed by atoms with van der Waals surface area (Å²) in [4.78, 5) is 30.0. The molecule has 160 valence electrons. The zero-order valence-electron chi connectivity index (χ0n) is 17.5. The van der Waals surface area contributed by atoms with Crippen molar-refractivity contribution >= 4 is 35.3 Å². The number of carbonyl (C=O) groups is 2. The smallest absolute Gasteiger partial charge is 0.258 e. The van der Waals surface area contributed by atoms with Gasteiger partial charge in [-0.05, 0) is 55.3 Å². The molecule has 8 heteroatoms. The van der Waals surface area contributed by atoms with E-state index in [0.717, 1.165) is 11.1 Å². The molecule has 2 amide bonds. The Hall–Kier alpha value is -3.97. The highest BCUT2D eigenvalue weighted by atomic mass is 35.5. The number of nitrogens with one attached hydrogen (secondary N) is 2. The first-order valence-corrected chi connectivity index (χ1v) is 10.3. The molecule has 0 aliphatic rings. The number of carbonyl (C=O) groups excluding carboxylic acids is 2. The summed E-state index contributed by atoms with van der Waals surface area (Å²) in [6.07, 6.45) is 0. The number of rotatable bonds is 5. The maximum atomic E-state index is 12.9. The Kier molecular flexibility index (Phi) is 6.00. The van der Waals surface area contributed by atoms with Crippen molar-refractivity contribution in [2.24, 2.45) is 0 Å². The van der Waals surface area contributed by atoms with Crippen LogP contribution in [0.4, 0.5) is 11.9 Å². The molecule has 7 nitrogen and oxygen atoms in total. The highest BCUT2D eigenvalue weighted by Gasteiger charge is 2.19. The third-order valence-corrected chi connectivity index (χ3v) is 5.13. The van der Waals surface area contributed by atoms with Gasteiger partial charge in [-0.3, -0.25) is 20.2 Å². The highest BCUT2D eigenvalue weighted by molar-refractivity contribution is 6.30. The molecule has 4 aromatic rings. The van der Waals surface area contributed by atoms with Crippen LogP contribution in [-0.4, -0.2) is 26.6 Å². The molecular formula is C24H20ClN5O2. The van der Waals surface area contributed by atoms with Crippen molar-refractivity contribution in [2.45, 2.75) is 13.8 Å². The van der Waals surface area contributed by atoms with E-state index in [-0.39, 0.29) is 23.7 Å². The number of hydrogen-bond donors (Lipinski definition) is 2. The fraction of sp³-hybridized carbons (Fsp3) is 0.0833. The second-order valence-electron chi connectivity index (χ2n) is 7.19. The van der Waals surface area contributed by atoms with Gasteiger partial charge in [0.2, 0.25) is 5.95 Å². The van der Waals surface area contributed by atoms with Crippen LogP contribution in [0.3, 0.4) is 0 Å². The van der Waals surface area contributed by atoms with Gasteiger partial charge in [0.05, 0.1) is 5.69 Å². The Labute approximate surface area is 190 Å². The number of benzene rings is 3. The highest BCUT2D eigenvalue weighted by Crippen LogP contribution is 2.21. The summed E-state index contributed by atoms with van der Waals surface area (Å²) < 4.78 is 1.43. The van der Waals surface area contributed by atoms with E-state index in [1.807, 2.05) is 38.1 Å². The summed E-state index contributed by atoms with van der Waals surface area (Å²) >= 11 is 6.14. The number of amides is 2. The van der Waals surface area contributed by atoms with Crippen molar-refractivity contribution in [3.05, 3.63) is 100 Å². The molecule has 0 saturated carbocycles. The van der Waals surface area contributed by atoms with Crippen molar-refractivity contribution in [1.82, 2.24) is 14.8 Å². The normalized spacial score (nSPS) is 10.6. The van der Waals surface area contributed by atoms with E-state index in [0.29, 0.717) is 21.8 Å². The van der Waals surface area contributed by atoms with E-state index in [9.17, 15) is 9.59 Å². The minimum atomic E-state index is -0.344. The quantitative estimate of drug-likeness (QED) is 0.450. The molecule has 0 aliphatic carbocycles. The lowest BCUT2D eigenvalue weighted by atomic mass is 10.1. The average Bonchev–Trinajstić information content (AvgIpc) is 3.16. The van der Waals surface area contributed by atoms with Crippen LogP contribution < -0.4 is 10.6 Å². The van der Waals surface area contributed by atoms with Crippen LogP contribution >= 0.6 is 11.6 Å². The molecule has 0 unspecified atom stereocenters. The maximum absolute atomic E-state index is 12.9. The molecule has 0 spiro atoms. The molecule has 0 radical (unpaired) electrons. The fourth-order valence-corrected chi connectivity index (χ4v) is 3.41. The summed E-state index contributed by atoms with van der Waals surface area (Å²) in [5.74, 6) is -0.474. The van der Waals surface area contributed by atoms with Crippen molar-refractivity contribution in [3.8, 4) is 5.69 Å². The molecule has 2 N–H and O–H groups in total. The van der Waals surface area contributed by atoms with Gasteiger partial charge >= 0.3 is 0 Å². The minimum Gasteiger partial charge on any atom is -0.290 e. The van der Waals surface area contributed by atoms with Crippen molar-refractivity contribution in [3.63, 3.8) is 0 Å². The Morgan fingerprint density at radius 1 is 0.812 bits per heavy atom. The Morgan fingerprint density at radius 2 is 1.41 bits per heavy atom. The molecule has 3 aromatic carbocycles. The molecule has 0 saturated heterocycles. The predicted molar refractivity (Wildman–Crippen MR) is 125 cm³/mol. The number of halogens is 1. The van der Waals surface area contributed by atoms with Gasteiger partial charge in [0.25, 0.3) is 17.8 Å². The second kappa shape index (κ2) is 9.03. The predicted octanol–water partition coefficient (Wildman–Crippen LogP) is 5.04. The summed E-state index contributed by atoms with van der Waals surface area (Å²) in [6, 6.07) is 21.4. The van der Waals surface area contributed by atoms with Gasteiger partial charge in [-0.15, -0.1) is 5.10 Å². The van der Waals surface area contributed by atoms with Crippen LogP contribution in [0.5, 0.6) is 0 Å². The average molecular weight is 446 g/mol. The summed E-state index contributed by atoms with van der Waals surface area (Å²) in [5, 5.41) is 10.4. The van der Waals surface area contributed by atoms with Gasteiger partial charge in [0, 0.05) is 16.1 Å². The summed E-state index contributed by atoms with van der Waals surface area (Å²) in [7, 11) is 0. The van der Waals surface area contributed by atoms with Gasteiger partial charge < -0.3 is 0 Å². The lowest BCUT2D eigenvalue weighted by molar-refractivity contribution is 0.101. The lowest BCUT2D eigenvalue weighted by Crippen LogP contribution is -2.17. The third kappa shape index (κ3) is 4.53. The van der Waals surface area contributed by atoms with Crippen LogP contribution in [-0.2, 0) is 0 Å². The fourth-order valence-electron chi connectivity index (χ4n) is 3.23. The van der Waals surface area contributed by atoms with Crippen LogP contribution in [0.1, 0.15) is 31.8 Å². The first-order valence-electron chi connectivity index (χ1n) is 9.89. The van der Waals surface area contributed by atoms with Gasteiger partial charge in [-0.25, -0.2) is 0 Å². The molecule has 0 aliphatic heterocycles. The summed E-state index contributed by atoms with van der Waals surface area (Å²) in [6.45, 7) is 3.70. The maximum Gasteiger partial charge on any atom is 0.258 e. The van der Waals surface area contributed by atoms with E-state index >= 15 is 0 Å². The third-order valence-electron chi connectivity index (χ3n) is 4.89. The topological polar surface area (TPSA) is 88.9 Å². The van der Waals surface area contributed by atoms with Crippen LogP contribution in [0.15, 0.2) is 72.8 Å². The molecule has 32 heavy (non-hydrogen) atoms. The summed E-state index contributed by atoms with van der Waals surface area (Å²) in [5.41, 5.74) is 3.26. The van der Waals surface area contributed by atoms with Crippen LogP contribution in [0, 0.1) is 13.8 Å². The number of anilines is 2. The standard InChI is InChI=1S/C24H20ClN5O2/c1-15-8-3-5-12-19(15)21(31)26-23-28-24(27-22(32)20-13-6-4-9-16(20)2)30(29-23)18-11-7-10-17(25)14-18/h3-14H,1-2H3,(H2,26,27,28,29,31,32). The van der Waals surface area contributed by atoms with Gasteiger partial charge in [0.1, 0.15) is 0 Å². The van der Waals surface area contributed by atoms with E-state index in [4.69, 9.17) is 11.6 Å². The first-order chi connectivity index (χ1) is 15.4. The number of aryl methyl sites for hydroxylation is 2. The molecular weight excluding hydrogens is 426 g/mol. The lowest BCUT2D eigenvalue weighted by Gasteiger charge is -2.08. The molecule has 4 rings (SSSR count). The molecule has 0 bridgehead atoms. The van der Waals surface area contributed by atoms with Crippen molar-refractivity contribution in [1.29, 1.82) is 0 Å². The zero-order valence-corrected chi connectivity index (χ0v) is 18.2. The second-order valence-corrected chi connectivity index (χ2v) is 7.63. The Balaban J connectivity index is 1.69. The number of aromatic nitrogens is 3. The van der Waals surface area contributed by atoms with Crippen molar-refractivity contribution < 1.29 is 9.59 Å². The van der Waals surface area contributed by atoms with Crippen LogP contribution in [0.2, 0.25) is 5.02 Å². The minimum absolute atomic E-state index is 0.0540. The largest absolute Gasteiger partial charge is 0.290 e. The molecule has 1 heterocycles. The first kappa shape index (κ1) is 21.3. The van der Waals surface area contributed by atoms with Gasteiger partial charge in [-0.1, -0.05) is 54.1 Å². The Bertz CT molecular complexity index is 1320. The number of nitrogens with zero attached hydrogens (tertiary/aromatic N) is 3. The SMILES string of the molecule is Cc1ccccc1C(=O)Nc1nc(NC(=O)c2ccccc2C)n(-c2cccc(Cl)c2)n1. The van der Waals surface area contributed by atoms with E-state index in [1.165, 1.54) is 4.68 Å². The van der Waals surface area contributed by atoms with E-state index in [1.54, 1.807) is 48.5 Å². The Morgan fingerprint density at radius 3 is 2.00 bits per heavy atom. The zero-order chi connectivity index (χ0) is 22.7. The van der Waals surface area contributed by atoms with Crippen LogP contribution in [0.25, 0.3) is 5.69 Å².